The number of carbonyl (C=O) groups is 2. The van der Waals surface area contributed by atoms with Crippen LogP contribution in [-0.4, -0.2) is 31.7 Å². The van der Waals surface area contributed by atoms with E-state index in [4.69, 9.17) is 5.11 Å². The largest absolute Gasteiger partial charge is 0.478 e. The summed E-state index contributed by atoms with van der Waals surface area (Å²) < 4.78 is 23.2. The van der Waals surface area contributed by atoms with Crippen LogP contribution >= 0.6 is 0 Å². The number of hydrogen-bond donors (Lipinski definition) is 2. The number of nitrogens with one attached hydrogen (secondary N) is 1. The lowest BCUT2D eigenvalue weighted by Crippen LogP contribution is -2.22. The lowest BCUT2D eigenvalue weighted by atomic mass is 10.0. The van der Waals surface area contributed by atoms with E-state index in [1.165, 1.54) is 12.1 Å². The molecule has 0 unspecified atom stereocenters. The number of anilines is 1. The second-order valence-electron chi connectivity index (χ2n) is 4.83. The summed E-state index contributed by atoms with van der Waals surface area (Å²) >= 11 is 0. The average molecular weight is 313 g/mol. The minimum absolute atomic E-state index is 0.137. The van der Waals surface area contributed by atoms with E-state index in [0.717, 1.165) is 12.3 Å². The molecule has 0 bridgehead atoms. The summed E-state index contributed by atoms with van der Waals surface area (Å²) in [6.45, 7) is 3.76. The summed E-state index contributed by atoms with van der Waals surface area (Å²) in [6, 6.07) is 3.59. The lowest BCUT2D eigenvalue weighted by Gasteiger charge is -2.14. The van der Waals surface area contributed by atoms with Crippen molar-refractivity contribution >= 4 is 27.4 Å². The lowest BCUT2D eigenvalue weighted by molar-refractivity contribution is -0.120. The summed E-state index contributed by atoms with van der Waals surface area (Å²) in [5.41, 5.74) is -0.00926. The normalized spacial score (nSPS) is 11.4. The molecule has 0 spiro atoms. The first-order valence-corrected chi connectivity index (χ1v) is 8.47. The molecule has 116 valence electrons. The molecule has 0 aliphatic heterocycles. The Bertz CT molecular complexity index is 647. The highest BCUT2D eigenvalue weighted by Gasteiger charge is 2.18. The van der Waals surface area contributed by atoms with Crippen LogP contribution in [0, 0.1) is 5.92 Å². The molecular weight excluding hydrogens is 294 g/mol. The molecule has 1 aromatic carbocycles. The summed E-state index contributed by atoms with van der Waals surface area (Å²) in [7, 11) is -3.56. The fourth-order valence-corrected chi connectivity index (χ4v) is 2.59. The van der Waals surface area contributed by atoms with E-state index in [1.54, 1.807) is 0 Å². The predicted molar refractivity (Wildman–Crippen MR) is 79.2 cm³/mol. The number of sulfone groups is 1. The molecule has 21 heavy (non-hydrogen) atoms. The van der Waals surface area contributed by atoms with Gasteiger partial charge < -0.3 is 10.4 Å². The third kappa shape index (κ3) is 4.56. The van der Waals surface area contributed by atoms with Crippen LogP contribution in [-0.2, 0) is 14.6 Å². The van der Waals surface area contributed by atoms with Gasteiger partial charge in [-0.25, -0.2) is 13.2 Å². The Kier molecular flexibility index (Phi) is 5.48. The maximum atomic E-state index is 12.0. The van der Waals surface area contributed by atoms with Gasteiger partial charge in [-0.05, 0) is 31.0 Å². The number of aromatic carboxylic acids is 1. The van der Waals surface area contributed by atoms with Gasteiger partial charge >= 0.3 is 5.97 Å². The predicted octanol–water partition coefficient (Wildman–Crippen LogP) is 2.16. The molecule has 2 N–H and O–H groups in total. The van der Waals surface area contributed by atoms with E-state index in [0.29, 0.717) is 12.8 Å². The summed E-state index contributed by atoms with van der Waals surface area (Å²) in [5.74, 6) is -1.69. The van der Waals surface area contributed by atoms with Crippen molar-refractivity contribution < 1.29 is 23.1 Å². The van der Waals surface area contributed by atoms with Crippen molar-refractivity contribution in [2.24, 2.45) is 5.92 Å². The molecule has 0 fully saturated rings. The van der Waals surface area contributed by atoms with Crippen LogP contribution in [0.1, 0.15) is 37.0 Å². The number of amides is 1. The molecular formula is C14H19NO5S. The zero-order valence-electron chi connectivity index (χ0n) is 12.2. The highest BCUT2D eigenvalue weighted by molar-refractivity contribution is 7.90. The Morgan fingerprint density at radius 3 is 2.19 bits per heavy atom. The van der Waals surface area contributed by atoms with Gasteiger partial charge in [0.1, 0.15) is 0 Å². The second-order valence-corrected chi connectivity index (χ2v) is 6.84. The van der Waals surface area contributed by atoms with Gasteiger partial charge in [0, 0.05) is 17.9 Å². The van der Waals surface area contributed by atoms with Crippen molar-refractivity contribution in [2.75, 3.05) is 11.6 Å². The maximum Gasteiger partial charge on any atom is 0.335 e. The van der Waals surface area contributed by atoms with Crippen LogP contribution in [0.3, 0.4) is 0 Å². The van der Waals surface area contributed by atoms with Crippen molar-refractivity contribution in [3.8, 4) is 0 Å². The summed E-state index contributed by atoms with van der Waals surface area (Å²) in [6.07, 6.45) is 2.29. The Balaban J connectivity index is 3.21. The Morgan fingerprint density at radius 2 is 1.76 bits per heavy atom. The molecule has 0 radical (unpaired) electrons. The van der Waals surface area contributed by atoms with Crippen molar-refractivity contribution in [2.45, 2.75) is 31.6 Å². The van der Waals surface area contributed by atoms with Crippen molar-refractivity contribution in [3.05, 3.63) is 23.8 Å². The topological polar surface area (TPSA) is 101 Å². The molecule has 1 rings (SSSR count). The van der Waals surface area contributed by atoms with E-state index >= 15 is 0 Å². The van der Waals surface area contributed by atoms with Gasteiger partial charge in [-0.15, -0.1) is 0 Å². The van der Waals surface area contributed by atoms with E-state index < -0.39 is 15.8 Å². The first-order chi connectivity index (χ1) is 9.68. The number of benzene rings is 1. The minimum Gasteiger partial charge on any atom is -0.478 e. The number of rotatable bonds is 6. The molecule has 0 atom stereocenters. The molecule has 0 heterocycles. The monoisotopic (exact) mass is 313 g/mol. The van der Waals surface area contributed by atoms with Gasteiger partial charge in [-0.2, -0.15) is 0 Å². The van der Waals surface area contributed by atoms with Crippen LogP contribution in [0.5, 0.6) is 0 Å². The second kappa shape index (κ2) is 6.71. The van der Waals surface area contributed by atoms with E-state index in [2.05, 4.69) is 5.32 Å². The van der Waals surface area contributed by atoms with Crippen LogP contribution in [0.25, 0.3) is 0 Å². The Hall–Kier alpha value is -1.89. The first kappa shape index (κ1) is 17.2. The van der Waals surface area contributed by atoms with E-state index in [-0.39, 0.29) is 28.0 Å². The zero-order valence-corrected chi connectivity index (χ0v) is 13.0. The number of carbonyl (C=O) groups excluding carboxylic acids is 1. The van der Waals surface area contributed by atoms with Crippen LogP contribution in [0.15, 0.2) is 23.1 Å². The molecule has 1 aromatic rings. The Morgan fingerprint density at radius 1 is 1.19 bits per heavy atom. The Labute approximate surface area is 124 Å². The maximum absolute atomic E-state index is 12.0. The van der Waals surface area contributed by atoms with Crippen LogP contribution < -0.4 is 5.32 Å². The number of carboxylic acids is 1. The molecule has 0 aromatic heterocycles. The van der Waals surface area contributed by atoms with E-state index in [1.807, 2.05) is 13.8 Å². The molecule has 0 saturated carbocycles. The van der Waals surface area contributed by atoms with E-state index in [9.17, 15) is 18.0 Å². The SMILES string of the molecule is CCC(CC)C(=O)Nc1cc(C(=O)O)cc(S(C)(=O)=O)c1. The van der Waals surface area contributed by atoms with Gasteiger partial charge in [0.2, 0.25) is 5.91 Å². The molecule has 1 amide bonds. The fourth-order valence-electron chi connectivity index (χ4n) is 1.91. The van der Waals surface area contributed by atoms with Crippen LogP contribution in [0.2, 0.25) is 0 Å². The van der Waals surface area contributed by atoms with Gasteiger partial charge in [0.05, 0.1) is 10.5 Å². The quantitative estimate of drug-likeness (QED) is 0.838. The molecule has 6 nitrogen and oxygen atoms in total. The van der Waals surface area contributed by atoms with Crippen molar-refractivity contribution in [3.63, 3.8) is 0 Å². The third-order valence-corrected chi connectivity index (χ3v) is 4.30. The van der Waals surface area contributed by atoms with Crippen molar-refractivity contribution in [1.29, 1.82) is 0 Å². The zero-order chi connectivity index (χ0) is 16.2. The molecule has 0 saturated heterocycles. The summed E-state index contributed by atoms with van der Waals surface area (Å²) in [5, 5.41) is 11.6. The van der Waals surface area contributed by atoms with Gasteiger partial charge in [0.15, 0.2) is 9.84 Å². The standard InChI is InChI=1S/C14H19NO5S/c1-4-9(5-2)13(16)15-11-6-10(14(17)18)7-12(8-11)21(3,19)20/h6-9H,4-5H2,1-3H3,(H,15,16)(H,17,18). The number of hydrogen-bond acceptors (Lipinski definition) is 4. The molecule has 7 heteroatoms. The van der Waals surface area contributed by atoms with Crippen LogP contribution in [0.4, 0.5) is 5.69 Å². The smallest absolute Gasteiger partial charge is 0.335 e. The number of carboxylic acid groups (broad SMARTS) is 1. The molecule has 0 aliphatic carbocycles. The van der Waals surface area contributed by atoms with Gasteiger partial charge in [-0.3, -0.25) is 4.79 Å². The van der Waals surface area contributed by atoms with Crippen molar-refractivity contribution in [1.82, 2.24) is 0 Å². The molecule has 0 aliphatic rings. The third-order valence-electron chi connectivity index (χ3n) is 3.21. The first-order valence-electron chi connectivity index (χ1n) is 6.58. The highest BCUT2D eigenvalue weighted by Crippen LogP contribution is 2.21. The minimum atomic E-state index is -3.56. The average Bonchev–Trinajstić information content (AvgIpc) is 2.38. The summed E-state index contributed by atoms with van der Waals surface area (Å²) in [4.78, 5) is 22.9. The highest BCUT2D eigenvalue weighted by atomic mass is 32.2. The van der Waals surface area contributed by atoms with Gasteiger partial charge in [-0.1, -0.05) is 13.8 Å². The van der Waals surface area contributed by atoms with Gasteiger partial charge in [0.25, 0.3) is 0 Å². The fraction of sp³-hybridized carbons (Fsp3) is 0.429.